The molecule has 0 unspecified atom stereocenters. The highest BCUT2D eigenvalue weighted by atomic mass is 19.4. The van der Waals surface area contributed by atoms with Crippen molar-refractivity contribution in [1.82, 2.24) is 10.9 Å². The maximum Gasteiger partial charge on any atom is 0.416 e. The van der Waals surface area contributed by atoms with E-state index in [2.05, 4.69) is 10.9 Å². The molecule has 2 amide bonds. The molecular weight excluding hydrogens is 349 g/mol. The van der Waals surface area contributed by atoms with Crippen LogP contribution in [0.5, 0.6) is 5.75 Å². The summed E-state index contributed by atoms with van der Waals surface area (Å²) < 4.78 is 43.3. The van der Waals surface area contributed by atoms with Crippen molar-refractivity contribution in [3.63, 3.8) is 0 Å². The van der Waals surface area contributed by atoms with Crippen molar-refractivity contribution in [1.29, 1.82) is 0 Å². The Morgan fingerprint density at radius 3 is 2.46 bits per heavy atom. The molecule has 2 N–H and O–H groups in total. The first kappa shape index (κ1) is 19.3. The first-order valence-electron chi connectivity index (χ1n) is 7.63. The number of halogens is 3. The molecule has 26 heavy (non-hydrogen) atoms. The third kappa shape index (κ3) is 5.23. The number of ether oxygens (including phenoxy) is 1. The van der Waals surface area contributed by atoms with Crippen LogP contribution in [0.15, 0.2) is 42.5 Å². The summed E-state index contributed by atoms with van der Waals surface area (Å²) in [5, 5.41) is 0. The largest absolute Gasteiger partial charge is 0.483 e. The molecule has 2 aromatic rings. The number of benzene rings is 2. The number of aryl methyl sites for hydroxylation is 2. The fourth-order valence-electron chi connectivity index (χ4n) is 2.08. The van der Waals surface area contributed by atoms with Crippen LogP contribution in [0.3, 0.4) is 0 Å². The Morgan fingerprint density at radius 1 is 1.04 bits per heavy atom. The second-order valence-electron chi connectivity index (χ2n) is 5.64. The highest BCUT2D eigenvalue weighted by molar-refractivity contribution is 5.95. The molecule has 0 heterocycles. The molecule has 0 aromatic heterocycles. The molecule has 0 bridgehead atoms. The molecule has 0 saturated carbocycles. The summed E-state index contributed by atoms with van der Waals surface area (Å²) in [4.78, 5) is 23.6. The Hall–Kier alpha value is -3.03. The van der Waals surface area contributed by atoms with E-state index in [1.54, 1.807) is 6.07 Å². The summed E-state index contributed by atoms with van der Waals surface area (Å²) in [5.74, 6) is -0.980. The van der Waals surface area contributed by atoms with Gasteiger partial charge in [0.1, 0.15) is 5.75 Å². The molecule has 8 heteroatoms. The van der Waals surface area contributed by atoms with Gasteiger partial charge in [0.05, 0.1) is 5.56 Å². The lowest BCUT2D eigenvalue weighted by Gasteiger charge is -2.12. The first-order valence-corrected chi connectivity index (χ1v) is 7.63. The molecule has 2 rings (SSSR count). The van der Waals surface area contributed by atoms with Crippen molar-refractivity contribution < 1.29 is 27.5 Å². The third-order valence-electron chi connectivity index (χ3n) is 3.47. The van der Waals surface area contributed by atoms with Gasteiger partial charge in [-0.15, -0.1) is 0 Å². The van der Waals surface area contributed by atoms with Crippen LogP contribution in [0.1, 0.15) is 27.0 Å². The van der Waals surface area contributed by atoms with Gasteiger partial charge in [-0.1, -0.05) is 18.2 Å². The smallest absolute Gasteiger partial charge is 0.416 e. The van der Waals surface area contributed by atoms with Crippen LogP contribution in [0, 0.1) is 13.8 Å². The summed E-state index contributed by atoms with van der Waals surface area (Å²) in [6.45, 7) is 3.34. The van der Waals surface area contributed by atoms with E-state index in [0.29, 0.717) is 11.8 Å². The van der Waals surface area contributed by atoms with Gasteiger partial charge < -0.3 is 4.74 Å². The average molecular weight is 366 g/mol. The second kappa shape index (κ2) is 7.90. The molecule has 0 spiro atoms. The predicted octanol–water partition coefficient (Wildman–Crippen LogP) is 3.16. The highest BCUT2D eigenvalue weighted by Gasteiger charge is 2.30. The predicted molar refractivity (Wildman–Crippen MR) is 88.5 cm³/mol. The van der Waals surface area contributed by atoms with Gasteiger partial charge in [0.25, 0.3) is 11.8 Å². The fourth-order valence-corrected chi connectivity index (χ4v) is 2.08. The Bertz CT molecular complexity index is 820. The van der Waals surface area contributed by atoms with E-state index in [0.717, 1.165) is 23.3 Å². The van der Waals surface area contributed by atoms with Gasteiger partial charge in [-0.2, -0.15) is 13.2 Å². The third-order valence-corrected chi connectivity index (χ3v) is 3.47. The summed E-state index contributed by atoms with van der Waals surface area (Å²) >= 11 is 0. The lowest BCUT2D eigenvalue weighted by atomic mass is 10.1. The van der Waals surface area contributed by atoms with Crippen molar-refractivity contribution in [2.45, 2.75) is 20.0 Å². The molecule has 0 radical (unpaired) electrons. The highest BCUT2D eigenvalue weighted by Crippen LogP contribution is 2.29. The van der Waals surface area contributed by atoms with E-state index in [4.69, 9.17) is 4.74 Å². The van der Waals surface area contributed by atoms with E-state index >= 15 is 0 Å². The number of hydrogen-bond donors (Lipinski definition) is 2. The van der Waals surface area contributed by atoms with Crippen LogP contribution in [0.2, 0.25) is 0 Å². The first-order chi connectivity index (χ1) is 12.2. The van der Waals surface area contributed by atoms with Crippen molar-refractivity contribution in [2.24, 2.45) is 0 Å². The van der Waals surface area contributed by atoms with Crippen molar-refractivity contribution in [2.75, 3.05) is 6.61 Å². The number of carbonyl (C=O) groups excluding carboxylic acids is 2. The summed E-state index contributed by atoms with van der Waals surface area (Å²) in [6.07, 6.45) is -4.56. The molecule has 5 nitrogen and oxygen atoms in total. The zero-order chi connectivity index (χ0) is 19.3. The Balaban J connectivity index is 1.89. The Morgan fingerprint density at radius 2 is 1.77 bits per heavy atom. The standard InChI is InChI=1S/C18H17F3N2O3/c1-11-6-7-12(2)15(8-11)26-10-16(24)22-23-17(25)13-4-3-5-14(9-13)18(19,20)21/h3-9H,10H2,1-2H3,(H,22,24)(H,23,25). The summed E-state index contributed by atoms with van der Waals surface area (Å²) in [6, 6.07) is 9.40. The lowest BCUT2D eigenvalue weighted by molar-refractivity contribution is -0.137. The zero-order valence-corrected chi connectivity index (χ0v) is 14.1. The maximum absolute atomic E-state index is 12.6. The molecular formula is C18H17F3N2O3. The van der Waals surface area contributed by atoms with Gasteiger partial charge in [0.2, 0.25) is 0 Å². The van der Waals surface area contributed by atoms with Crippen LogP contribution >= 0.6 is 0 Å². The molecule has 138 valence electrons. The number of nitrogens with one attached hydrogen (secondary N) is 2. The normalized spacial score (nSPS) is 11.0. The van der Waals surface area contributed by atoms with Crippen LogP contribution in [0.4, 0.5) is 13.2 Å². The maximum atomic E-state index is 12.6. The molecule has 0 aliphatic heterocycles. The molecule has 2 aromatic carbocycles. The van der Waals surface area contributed by atoms with Crippen molar-refractivity contribution in [3.8, 4) is 5.75 Å². The lowest BCUT2D eigenvalue weighted by Crippen LogP contribution is -2.43. The SMILES string of the molecule is Cc1ccc(C)c(OCC(=O)NNC(=O)c2cccc(C(F)(F)F)c2)c1. The zero-order valence-electron chi connectivity index (χ0n) is 14.1. The minimum absolute atomic E-state index is 0.226. The van der Waals surface area contributed by atoms with E-state index in [1.165, 1.54) is 6.07 Å². The monoisotopic (exact) mass is 366 g/mol. The molecule has 0 aliphatic carbocycles. The minimum atomic E-state index is -4.56. The van der Waals surface area contributed by atoms with Gasteiger partial charge in [-0.3, -0.25) is 20.4 Å². The van der Waals surface area contributed by atoms with Crippen LogP contribution in [-0.2, 0) is 11.0 Å². The number of carbonyl (C=O) groups is 2. The van der Waals surface area contributed by atoms with Gasteiger partial charge in [-0.05, 0) is 49.2 Å². The van der Waals surface area contributed by atoms with Crippen molar-refractivity contribution in [3.05, 3.63) is 64.7 Å². The van der Waals surface area contributed by atoms with E-state index < -0.39 is 23.6 Å². The van der Waals surface area contributed by atoms with Gasteiger partial charge in [-0.25, -0.2) is 0 Å². The van der Waals surface area contributed by atoms with Crippen LogP contribution in [-0.4, -0.2) is 18.4 Å². The second-order valence-corrected chi connectivity index (χ2v) is 5.64. The number of amides is 2. The minimum Gasteiger partial charge on any atom is -0.483 e. The van der Waals surface area contributed by atoms with Gasteiger partial charge in [0.15, 0.2) is 6.61 Å². The number of hydrazine groups is 1. The number of rotatable bonds is 4. The summed E-state index contributed by atoms with van der Waals surface area (Å²) in [5.41, 5.74) is 4.78. The molecule has 0 saturated heterocycles. The average Bonchev–Trinajstić information content (AvgIpc) is 2.59. The molecule has 0 aliphatic rings. The Kier molecular flexibility index (Phi) is 5.86. The van der Waals surface area contributed by atoms with E-state index in [-0.39, 0.29) is 12.2 Å². The van der Waals surface area contributed by atoms with Gasteiger partial charge >= 0.3 is 6.18 Å². The molecule has 0 fully saturated rings. The number of alkyl halides is 3. The molecule has 0 atom stereocenters. The summed E-state index contributed by atoms with van der Waals surface area (Å²) in [7, 11) is 0. The van der Waals surface area contributed by atoms with E-state index in [1.807, 2.05) is 26.0 Å². The number of hydrogen-bond acceptors (Lipinski definition) is 3. The van der Waals surface area contributed by atoms with Gasteiger partial charge in [0, 0.05) is 5.56 Å². The van der Waals surface area contributed by atoms with Crippen LogP contribution < -0.4 is 15.6 Å². The van der Waals surface area contributed by atoms with Crippen LogP contribution in [0.25, 0.3) is 0 Å². The topological polar surface area (TPSA) is 67.4 Å². The Labute approximate surface area is 148 Å². The van der Waals surface area contributed by atoms with E-state index in [9.17, 15) is 22.8 Å². The van der Waals surface area contributed by atoms with Crippen molar-refractivity contribution >= 4 is 11.8 Å². The quantitative estimate of drug-likeness (QED) is 0.817. The fraction of sp³-hybridized carbons (Fsp3) is 0.222.